The van der Waals surface area contributed by atoms with Crippen molar-refractivity contribution in [2.24, 2.45) is 0 Å². The molecule has 5 rings (SSSR count). The van der Waals surface area contributed by atoms with Crippen molar-refractivity contribution in [3.05, 3.63) is 53.8 Å². The van der Waals surface area contributed by atoms with E-state index in [1.807, 2.05) is 32.8 Å². The van der Waals surface area contributed by atoms with Crippen molar-refractivity contribution in [3.8, 4) is 22.9 Å². The van der Waals surface area contributed by atoms with Crippen LogP contribution < -0.4 is 9.64 Å². The number of fused-ring (bicyclic) bond motifs is 2. The predicted octanol–water partition coefficient (Wildman–Crippen LogP) is 6.09. The molecular weight excluding hydrogens is 578 g/mol. The highest BCUT2D eigenvalue weighted by Crippen LogP contribution is 2.47. The minimum absolute atomic E-state index is 0.0817. The number of carbonyl (C=O) groups excluding carboxylic acids is 1. The monoisotopic (exact) mass is 613 g/mol. The summed E-state index contributed by atoms with van der Waals surface area (Å²) >= 11 is 0. The molecule has 0 spiro atoms. The molecule has 0 bridgehead atoms. The summed E-state index contributed by atoms with van der Waals surface area (Å²) in [5.41, 5.74) is -2.70. The number of piperazine rings is 1. The Morgan fingerprint density at radius 2 is 1.77 bits per heavy atom. The molecule has 1 amide bonds. The Morgan fingerprint density at radius 1 is 1.05 bits per heavy atom. The van der Waals surface area contributed by atoms with Gasteiger partial charge in [0.25, 0.3) is 0 Å². The number of hydrogen-bond donors (Lipinski definition) is 1. The minimum atomic E-state index is -4.99. The van der Waals surface area contributed by atoms with Crippen molar-refractivity contribution in [1.29, 1.82) is 0 Å². The Labute approximate surface area is 252 Å². The second-order valence-electron chi connectivity index (χ2n) is 11.5. The zero-order valence-corrected chi connectivity index (χ0v) is 25.2. The number of ether oxygens (including phenoxy) is 1. The van der Waals surface area contributed by atoms with E-state index in [4.69, 9.17) is 4.74 Å². The van der Waals surface area contributed by atoms with Crippen LogP contribution in [0.3, 0.4) is 0 Å². The standard InChI is InChI=1S/C32H35F4N5O3/c1-18-17-41(19(2)16-40(18)20(3)42)30-23-15-24(32(34,35)36)27(26-22-10-7-6-9-21(22)11-12-25(26)43)28(33)29(23)37-31(38-30)44-14-8-13-39(4)5/h6-7,9-12,15,18-19,43H,8,13-14,16-17H2,1-5H3/t18-,19+/m1/s1. The van der Waals surface area contributed by atoms with Crippen molar-refractivity contribution in [1.82, 2.24) is 19.8 Å². The first kappa shape index (κ1) is 31.2. The topological polar surface area (TPSA) is 82.0 Å². The molecule has 0 saturated carbocycles. The molecule has 234 valence electrons. The number of carbonyl (C=O) groups is 1. The number of rotatable bonds is 7. The van der Waals surface area contributed by atoms with Gasteiger partial charge in [-0.25, -0.2) is 4.39 Å². The van der Waals surface area contributed by atoms with Crippen LogP contribution in [0.4, 0.5) is 23.4 Å². The van der Waals surface area contributed by atoms with Crippen molar-refractivity contribution in [3.63, 3.8) is 0 Å². The van der Waals surface area contributed by atoms with Gasteiger partial charge in [0, 0.05) is 55.2 Å². The van der Waals surface area contributed by atoms with Gasteiger partial charge in [-0.15, -0.1) is 0 Å². The number of aromatic hydroxyl groups is 1. The predicted molar refractivity (Wildman–Crippen MR) is 161 cm³/mol. The molecular formula is C32H35F4N5O3. The highest BCUT2D eigenvalue weighted by Gasteiger charge is 2.39. The van der Waals surface area contributed by atoms with Gasteiger partial charge in [-0.2, -0.15) is 23.1 Å². The van der Waals surface area contributed by atoms with Gasteiger partial charge in [-0.05, 0) is 57.3 Å². The maximum absolute atomic E-state index is 16.8. The van der Waals surface area contributed by atoms with Gasteiger partial charge in [0.05, 0.1) is 12.2 Å². The third kappa shape index (κ3) is 5.95. The van der Waals surface area contributed by atoms with Gasteiger partial charge >= 0.3 is 12.2 Å². The van der Waals surface area contributed by atoms with E-state index < -0.39 is 28.9 Å². The molecule has 3 aromatic carbocycles. The fourth-order valence-electron chi connectivity index (χ4n) is 5.87. The zero-order chi connectivity index (χ0) is 31.9. The van der Waals surface area contributed by atoms with Gasteiger partial charge in [0.1, 0.15) is 17.1 Å². The van der Waals surface area contributed by atoms with E-state index in [1.165, 1.54) is 19.1 Å². The summed E-state index contributed by atoms with van der Waals surface area (Å²) in [7, 11) is 3.82. The van der Waals surface area contributed by atoms with E-state index in [0.717, 1.165) is 6.07 Å². The van der Waals surface area contributed by atoms with E-state index in [2.05, 4.69) is 9.97 Å². The first-order chi connectivity index (χ1) is 20.8. The van der Waals surface area contributed by atoms with Gasteiger partial charge in [0.2, 0.25) is 5.91 Å². The number of aromatic nitrogens is 2. The maximum atomic E-state index is 16.8. The normalized spacial score (nSPS) is 17.6. The van der Waals surface area contributed by atoms with Crippen LogP contribution >= 0.6 is 0 Å². The number of phenols is 1. The summed E-state index contributed by atoms with van der Waals surface area (Å²) in [4.78, 5) is 26.5. The highest BCUT2D eigenvalue weighted by atomic mass is 19.4. The quantitative estimate of drug-likeness (QED) is 0.200. The van der Waals surface area contributed by atoms with Crippen LogP contribution in [-0.4, -0.2) is 83.2 Å². The Kier molecular flexibility index (Phi) is 8.57. The van der Waals surface area contributed by atoms with Crippen LogP contribution in [0.25, 0.3) is 32.8 Å². The fraction of sp³-hybridized carbons (Fsp3) is 0.406. The summed E-state index contributed by atoms with van der Waals surface area (Å²) < 4.78 is 67.0. The Balaban J connectivity index is 1.78. The van der Waals surface area contributed by atoms with Gasteiger partial charge < -0.3 is 24.5 Å². The highest BCUT2D eigenvalue weighted by molar-refractivity contribution is 6.04. The van der Waals surface area contributed by atoms with Crippen LogP contribution in [0.1, 0.15) is 32.8 Å². The Hall–Kier alpha value is -4.19. The summed E-state index contributed by atoms with van der Waals surface area (Å²) in [5, 5.41) is 11.5. The third-order valence-corrected chi connectivity index (χ3v) is 8.00. The van der Waals surface area contributed by atoms with E-state index in [9.17, 15) is 23.1 Å². The van der Waals surface area contributed by atoms with Crippen LogP contribution in [0, 0.1) is 5.82 Å². The largest absolute Gasteiger partial charge is 0.507 e. The van der Waals surface area contributed by atoms with Crippen LogP contribution in [0.5, 0.6) is 11.8 Å². The van der Waals surface area contributed by atoms with Crippen LogP contribution in [-0.2, 0) is 11.0 Å². The van der Waals surface area contributed by atoms with Crippen molar-refractivity contribution in [2.75, 3.05) is 45.2 Å². The molecule has 1 saturated heterocycles. The lowest BCUT2D eigenvalue weighted by Crippen LogP contribution is -2.58. The first-order valence-electron chi connectivity index (χ1n) is 14.4. The maximum Gasteiger partial charge on any atom is 0.417 e. The summed E-state index contributed by atoms with van der Waals surface area (Å²) in [6.45, 7) is 6.60. The number of alkyl halides is 3. The SMILES string of the molecule is CC(=O)N1C[C@H](C)N(c2nc(OCCCN(C)C)nc3c(F)c(-c4c(O)ccc5ccccc45)c(C(F)(F)F)cc23)C[C@H]1C. The lowest BCUT2D eigenvalue weighted by Gasteiger charge is -2.44. The minimum Gasteiger partial charge on any atom is -0.507 e. The zero-order valence-electron chi connectivity index (χ0n) is 25.2. The first-order valence-corrected chi connectivity index (χ1v) is 14.4. The number of nitrogens with zero attached hydrogens (tertiary/aromatic N) is 5. The Bertz CT molecular complexity index is 1710. The molecule has 1 fully saturated rings. The summed E-state index contributed by atoms with van der Waals surface area (Å²) in [6.07, 6.45) is -4.38. The molecule has 44 heavy (non-hydrogen) atoms. The molecule has 1 aliphatic heterocycles. The molecule has 8 nitrogen and oxygen atoms in total. The number of benzene rings is 3. The second-order valence-corrected chi connectivity index (χ2v) is 11.5. The van der Waals surface area contributed by atoms with Gasteiger partial charge in [-0.1, -0.05) is 30.3 Å². The molecule has 0 aliphatic carbocycles. The van der Waals surface area contributed by atoms with E-state index in [1.54, 1.807) is 34.1 Å². The molecule has 1 aliphatic rings. The number of anilines is 1. The molecule has 4 aromatic rings. The molecule has 0 radical (unpaired) electrons. The summed E-state index contributed by atoms with van der Waals surface area (Å²) in [5.74, 6) is -1.78. The van der Waals surface area contributed by atoms with E-state index in [-0.39, 0.29) is 64.8 Å². The van der Waals surface area contributed by atoms with Crippen molar-refractivity contribution in [2.45, 2.75) is 45.5 Å². The molecule has 1 N–H and O–H groups in total. The molecule has 0 unspecified atom stereocenters. The van der Waals surface area contributed by atoms with E-state index >= 15 is 4.39 Å². The lowest BCUT2D eigenvalue weighted by atomic mass is 9.91. The number of phenolic OH excluding ortho intramolecular Hbond substituents is 1. The number of amides is 1. The average molecular weight is 614 g/mol. The summed E-state index contributed by atoms with van der Waals surface area (Å²) in [6, 6.07) is 9.39. The third-order valence-electron chi connectivity index (χ3n) is 8.00. The number of halogens is 4. The Morgan fingerprint density at radius 3 is 2.45 bits per heavy atom. The van der Waals surface area contributed by atoms with Crippen molar-refractivity contribution < 1.29 is 32.2 Å². The molecule has 12 heteroatoms. The van der Waals surface area contributed by atoms with Gasteiger partial charge in [-0.3, -0.25) is 4.79 Å². The second kappa shape index (κ2) is 12.1. The smallest absolute Gasteiger partial charge is 0.417 e. The van der Waals surface area contributed by atoms with Gasteiger partial charge in [0.15, 0.2) is 5.82 Å². The van der Waals surface area contributed by atoms with Crippen molar-refractivity contribution >= 4 is 33.4 Å². The molecule has 2 heterocycles. The molecule has 1 aromatic heterocycles. The average Bonchev–Trinajstić information content (AvgIpc) is 2.96. The van der Waals surface area contributed by atoms with Crippen LogP contribution in [0.2, 0.25) is 0 Å². The van der Waals surface area contributed by atoms with E-state index in [0.29, 0.717) is 24.9 Å². The van der Waals surface area contributed by atoms with Crippen LogP contribution in [0.15, 0.2) is 42.5 Å². The number of hydrogen-bond acceptors (Lipinski definition) is 7. The fourth-order valence-corrected chi connectivity index (χ4v) is 5.87. The molecule has 2 atom stereocenters. The lowest BCUT2D eigenvalue weighted by molar-refractivity contribution is -0.137.